The van der Waals surface area contributed by atoms with Gasteiger partial charge in [0.15, 0.2) is 0 Å². The Bertz CT molecular complexity index is 232. The van der Waals surface area contributed by atoms with Crippen molar-refractivity contribution < 1.29 is 4.79 Å². The molecule has 94 valence electrons. The van der Waals surface area contributed by atoms with Crippen LogP contribution >= 0.6 is 15.9 Å². The first kappa shape index (κ1) is 14.0. The van der Waals surface area contributed by atoms with Gasteiger partial charge in [-0.25, -0.2) is 0 Å². The molecule has 0 heterocycles. The van der Waals surface area contributed by atoms with Crippen LogP contribution in [0.25, 0.3) is 0 Å². The van der Waals surface area contributed by atoms with Crippen molar-refractivity contribution in [3.63, 3.8) is 0 Å². The molecule has 16 heavy (non-hydrogen) atoms. The second kappa shape index (κ2) is 6.04. The highest BCUT2D eigenvalue weighted by Gasteiger charge is 2.31. The maximum Gasteiger partial charge on any atom is 0.225 e. The summed E-state index contributed by atoms with van der Waals surface area (Å²) in [6, 6.07) is 0. The Morgan fingerprint density at radius 3 is 2.19 bits per heavy atom. The van der Waals surface area contributed by atoms with Crippen molar-refractivity contribution in [1.29, 1.82) is 0 Å². The third-order valence-corrected chi connectivity index (χ3v) is 5.14. The number of carbonyl (C=O) groups is 1. The van der Waals surface area contributed by atoms with E-state index in [1.165, 1.54) is 25.7 Å². The lowest BCUT2D eigenvalue weighted by atomic mass is 9.96. The summed E-state index contributed by atoms with van der Waals surface area (Å²) in [4.78, 5) is 14.3. The van der Waals surface area contributed by atoms with E-state index in [0.717, 1.165) is 18.2 Å². The molecule has 0 N–H and O–H groups in total. The van der Waals surface area contributed by atoms with E-state index < -0.39 is 0 Å². The third kappa shape index (κ3) is 3.47. The first-order valence-electron chi connectivity index (χ1n) is 6.32. The van der Waals surface area contributed by atoms with Gasteiger partial charge in [-0.15, -0.1) is 0 Å². The fourth-order valence-corrected chi connectivity index (χ4v) is 2.56. The molecule has 1 aliphatic rings. The molecular formula is C13H24BrNO. The molecule has 0 aromatic carbocycles. The number of carbonyl (C=O) groups excluding carboxylic acids is 1. The number of rotatable bonds is 3. The zero-order chi connectivity index (χ0) is 12.2. The average molecular weight is 290 g/mol. The van der Waals surface area contributed by atoms with Crippen LogP contribution in [-0.2, 0) is 4.79 Å². The van der Waals surface area contributed by atoms with E-state index in [1.807, 2.05) is 11.9 Å². The SMILES string of the molecule is CN(C(=O)C1CCCCCC1)C(C)(C)CBr. The van der Waals surface area contributed by atoms with Gasteiger partial charge in [0, 0.05) is 23.8 Å². The van der Waals surface area contributed by atoms with Crippen LogP contribution in [0.1, 0.15) is 52.4 Å². The normalized spacial score (nSPS) is 19.2. The number of hydrogen-bond donors (Lipinski definition) is 0. The van der Waals surface area contributed by atoms with Crippen molar-refractivity contribution in [2.24, 2.45) is 5.92 Å². The van der Waals surface area contributed by atoms with Gasteiger partial charge >= 0.3 is 0 Å². The van der Waals surface area contributed by atoms with E-state index >= 15 is 0 Å². The smallest absolute Gasteiger partial charge is 0.225 e. The largest absolute Gasteiger partial charge is 0.340 e. The Morgan fingerprint density at radius 2 is 1.75 bits per heavy atom. The third-order valence-electron chi connectivity index (χ3n) is 3.77. The molecule has 0 aromatic rings. The topological polar surface area (TPSA) is 20.3 Å². The van der Waals surface area contributed by atoms with E-state index in [9.17, 15) is 4.79 Å². The lowest BCUT2D eigenvalue weighted by Gasteiger charge is -2.36. The number of alkyl halides is 1. The van der Waals surface area contributed by atoms with Gasteiger partial charge in [0.2, 0.25) is 5.91 Å². The lowest BCUT2D eigenvalue weighted by Crippen LogP contribution is -2.48. The predicted molar refractivity (Wildman–Crippen MR) is 71.8 cm³/mol. The second-order valence-corrected chi connectivity index (χ2v) is 6.09. The van der Waals surface area contributed by atoms with Crippen LogP contribution in [0.2, 0.25) is 0 Å². The summed E-state index contributed by atoms with van der Waals surface area (Å²) in [6.07, 6.45) is 7.21. The Hall–Kier alpha value is -0.0500. The molecule has 2 nitrogen and oxygen atoms in total. The second-order valence-electron chi connectivity index (χ2n) is 5.53. The molecule has 0 radical (unpaired) electrons. The average Bonchev–Trinajstić information content (AvgIpc) is 2.55. The molecule has 1 aliphatic carbocycles. The van der Waals surface area contributed by atoms with Crippen molar-refractivity contribution >= 4 is 21.8 Å². The van der Waals surface area contributed by atoms with Gasteiger partial charge in [0.05, 0.1) is 0 Å². The van der Waals surface area contributed by atoms with Crippen molar-refractivity contribution in [2.75, 3.05) is 12.4 Å². The van der Waals surface area contributed by atoms with Crippen molar-refractivity contribution in [1.82, 2.24) is 4.90 Å². The number of halogens is 1. The maximum absolute atomic E-state index is 12.4. The van der Waals surface area contributed by atoms with Crippen molar-refractivity contribution in [2.45, 2.75) is 57.9 Å². The Labute approximate surface area is 108 Å². The minimum Gasteiger partial charge on any atom is -0.340 e. The summed E-state index contributed by atoms with van der Waals surface area (Å²) in [5.41, 5.74) is -0.0800. The highest BCUT2D eigenvalue weighted by atomic mass is 79.9. The van der Waals surface area contributed by atoms with E-state index in [4.69, 9.17) is 0 Å². The molecule has 1 amide bonds. The van der Waals surface area contributed by atoms with E-state index in [0.29, 0.717) is 5.91 Å². The van der Waals surface area contributed by atoms with Gasteiger partial charge in [0.1, 0.15) is 0 Å². The lowest BCUT2D eigenvalue weighted by molar-refractivity contribution is -0.138. The first-order chi connectivity index (χ1) is 7.49. The molecule has 0 unspecified atom stereocenters. The number of nitrogens with zero attached hydrogens (tertiary/aromatic N) is 1. The molecule has 1 saturated carbocycles. The van der Waals surface area contributed by atoms with Crippen molar-refractivity contribution in [3.8, 4) is 0 Å². The van der Waals surface area contributed by atoms with Crippen LogP contribution in [0.15, 0.2) is 0 Å². The molecular weight excluding hydrogens is 266 g/mol. The zero-order valence-electron chi connectivity index (χ0n) is 10.8. The first-order valence-corrected chi connectivity index (χ1v) is 7.45. The quantitative estimate of drug-likeness (QED) is 0.574. The van der Waals surface area contributed by atoms with Gasteiger partial charge in [-0.3, -0.25) is 4.79 Å². The number of hydrogen-bond acceptors (Lipinski definition) is 1. The van der Waals surface area contributed by atoms with Gasteiger partial charge < -0.3 is 4.90 Å². The fraction of sp³-hybridized carbons (Fsp3) is 0.923. The summed E-state index contributed by atoms with van der Waals surface area (Å²) >= 11 is 3.49. The molecule has 0 aliphatic heterocycles. The van der Waals surface area contributed by atoms with Gasteiger partial charge in [-0.1, -0.05) is 41.6 Å². The Balaban J connectivity index is 2.61. The maximum atomic E-state index is 12.4. The molecule has 0 bridgehead atoms. The molecule has 0 aromatic heterocycles. The van der Waals surface area contributed by atoms with Crippen LogP contribution in [0.5, 0.6) is 0 Å². The Morgan fingerprint density at radius 1 is 1.25 bits per heavy atom. The fourth-order valence-electron chi connectivity index (χ4n) is 2.19. The minimum atomic E-state index is -0.0800. The monoisotopic (exact) mass is 289 g/mol. The van der Waals surface area contributed by atoms with Crippen LogP contribution in [-0.4, -0.2) is 28.7 Å². The molecule has 1 fully saturated rings. The molecule has 1 rings (SSSR count). The molecule has 0 spiro atoms. The summed E-state index contributed by atoms with van der Waals surface area (Å²) in [7, 11) is 1.94. The highest BCUT2D eigenvalue weighted by molar-refractivity contribution is 9.09. The van der Waals surface area contributed by atoms with E-state index in [2.05, 4.69) is 29.8 Å². The van der Waals surface area contributed by atoms with Crippen LogP contribution in [0, 0.1) is 5.92 Å². The van der Waals surface area contributed by atoms with Crippen LogP contribution in [0.4, 0.5) is 0 Å². The number of amides is 1. The van der Waals surface area contributed by atoms with Gasteiger partial charge in [-0.05, 0) is 26.7 Å². The standard InChI is InChI=1S/C13H24BrNO/c1-13(2,10-14)15(3)12(16)11-8-6-4-5-7-9-11/h11H,4-10H2,1-3H3. The summed E-state index contributed by atoms with van der Waals surface area (Å²) < 4.78 is 0. The summed E-state index contributed by atoms with van der Waals surface area (Å²) in [6.45, 7) is 4.21. The Kier molecular flexibility index (Phi) is 5.29. The molecule has 3 heteroatoms. The predicted octanol–water partition coefficient (Wildman–Crippen LogP) is 3.59. The van der Waals surface area contributed by atoms with Crippen molar-refractivity contribution in [3.05, 3.63) is 0 Å². The molecule has 0 atom stereocenters. The van der Waals surface area contributed by atoms with E-state index in [1.54, 1.807) is 0 Å². The van der Waals surface area contributed by atoms with Crippen LogP contribution in [0.3, 0.4) is 0 Å². The summed E-state index contributed by atoms with van der Waals surface area (Å²) in [5.74, 6) is 0.608. The highest BCUT2D eigenvalue weighted by Crippen LogP contribution is 2.27. The minimum absolute atomic E-state index is 0.0800. The zero-order valence-corrected chi connectivity index (χ0v) is 12.3. The van der Waals surface area contributed by atoms with Gasteiger partial charge in [0.25, 0.3) is 0 Å². The van der Waals surface area contributed by atoms with Crippen LogP contribution < -0.4 is 0 Å². The van der Waals surface area contributed by atoms with E-state index in [-0.39, 0.29) is 11.5 Å². The van der Waals surface area contributed by atoms with Gasteiger partial charge in [-0.2, -0.15) is 0 Å². The summed E-state index contributed by atoms with van der Waals surface area (Å²) in [5, 5.41) is 0.828. The molecule has 0 saturated heterocycles.